The molecule has 0 saturated carbocycles. The number of aliphatic hydroxyl groups excluding tert-OH is 1. The molecule has 1 saturated heterocycles. The number of hydrogen-bond donors (Lipinski definition) is 1. The van der Waals surface area contributed by atoms with Gasteiger partial charge in [-0.15, -0.1) is 0 Å². The van der Waals surface area contributed by atoms with Crippen LogP contribution < -0.4 is 9.51 Å². The SMILES string of the molecule is CC(C)Sc1c2sc(C3=C(C(=O)[O-])N4C(=O)[C@H]([C@@H](C)O)[C@H]4[C@H]3C)c[n+]2cn1C. The van der Waals surface area contributed by atoms with Gasteiger partial charge in [0.15, 0.2) is 0 Å². The number of aromatic nitrogens is 2. The van der Waals surface area contributed by atoms with Crippen LogP contribution in [-0.4, -0.2) is 43.8 Å². The molecule has 9 heteroatoms. The van der Waals surface area contributed by atoms with Crippen molar-refractivity contribution in [1.29, 1.82) is 0 Å². The maximum atomic E-state index is 12.5. The predicted octanol–water partition coefficient (Wildman–Crippen LogP) is 0.644. The van der Waals surface area contributed by atoms with Gasteiger partial charge in [0.1, 0.15) is 6.20 Å². The fraction of sp³-hybridized carbons (Fsp3) is 0.526. The zero-order valence-electron chi connectivity index (χ0n) is 16.4. The number of aryl methyl sites for hydroxylation is 1. The molecule has 28 heavy (non-hydrogen) atoms. The summed E-state index contributed by atoms with van der Waals surface area (Å²) in [6.45, 7) is 7.76. The lowest BCUT2D eigenvalue weighted by atomic mass is 9.77. The van der Waals surface area contributed by atoms with Crippen LogP contribution in [0.5, 0.6) is 0 Å². The molecule has 7 nitrogen and oxygen atoms in total. The molecule has 2 aliphatic heterocycles. The Kier molecular flexibility index (Phi) is 4.59. The topological polar surface area (TPSA) is 89.7 Å². The van der Waals surface area contributed by atoms with Crippen molar-refractivity contribution in [1.82, 2.24) is 9.47 Å². The third-order valence-electron chi connectivity index (χ3n) is 5.48. The number of fused-ring (bicyclic) bond motifs is 2. The summed E-state index contributed by atoms with van der Waals surface area (Å²) in [5.74, 6) is -2.45. The van der Waals surface area contributed by atoms with Crippen molar-refractivity contribution >= 4 is 45.4 Å². The highest BCUT2D eigenvalue weighted by Crippen LogP contribution is 2.51. The summed E-state index contributed by atoms with van der Waals surface area (Å²) in [7, 11) is 1.99. The van der Waals surface area contributed by atoms with E-state index in [2.05, 4.69) is 18.4 Å². The van der Waals surface area contributed by atoms with E-state index in [4.69, 9.17) is 0 Å². The Morgan fingerprint density at radius 3 is 2.64 bits per heavy atom. The number of thiazole rings is 1. The number of carboxylic acids is 1. The van der Waals surface area contributed by atoms with Crippen LogP contribution in [0.1, 0.15) is 32.6 Å². The summed E-state index contributed by atoms with van der Waals surface area (Å²) in [6, 6.07) is -0.336. The van der Waals surface area contributed by atoms with Crippen LogP contribution in [0.4, 0.5) is 0 Å². The Labute approximate surface area is 171 Å². The van der Waals surface area contributed by atoms with Gasteiger partial charge >= 0.3 is 0 Å². The van der Waals surface area contributed by atoms with Gasteiger partial charge in [-0.25, -0.2) is 4.57 Å². The van der Waals surface area contributed by atoms with Crippen molar-refractivity contribution in [2.24, 2.45) is 18.9 Å². The zero-order chi connectivity index (χ0) is 20.5. The summed E-state index contributed by atoms with van der Waals surface area (Å²) >= 11 is 3.28. The first-order chi connectivity index (χ1) is 13.1. The molecule has 0 aromatic carbocycles. The van der Waals surface area contributed by atoms with Gasteiger partial charge in [0.05, 0.1) is 41.7 Å². The van der Waals surface area contributed by atoms with Gasteiger partial charge in [-0.1, -0.05) is 43.9 Å². The third-order valence-corrected chi connectivity index (χ3v) is 7.92. The largest absolute Gasteiger partial charge is 0.543 e. The number of aliphatic hydroxyl groups is 1. The molecule has 0 aliphatic carbocycles. The molecule has 0 spiro atoms. The predicted molar refractivity (Wildman–Crippen MR) is 104 cm³/mol. The van der Waals surface area contributed by atoms with Crippen molar-refractivity contribution in [3.05, 3.63) is 23.1 Å². The number of aliphatic carboxylic acids is 1. The molecule has 150 valence electrons. The number of rotatable bonds is 5. The Morgan fingerprint density at radius 2 is 2.07 bits per heavy atom. The molecule has 4 heterocycles. The Morgan fingerprint density at radius 1 is 1.39 bits per heavy atom. The number of hydrogen-bond acceptors (Lipinski definition) is 6. The average Bonchev–Trinajstić information content (AvgIpc) is 3.17. The normalized spacial score (nSPS) is 25.6. The summed E-state index contributed by atoms with van der Waals surface area (Å²) in [6.07, 6.45) is 3.08. The molecule has 0 radical (unpaired) electrons. The van der Waals surface area contributed by atoms with E-state index in [1.54, 1.807) is 18.7 Å². The highest BCUT2D eigenvalue weighted by Gasteiger charge is 2.59. The lowest BCUT2D eigenvalue weighted by Gasteiger charge is -2.47. The molecule has 2 aliphatic rings. The van der Waals surface area contributed by atoms with E-state index in [-0.39, 0.29) is 23.6 Å². The first-order valence-electron chi connectivity index (χ1n) is 9.27. The van der Waals surface area contributed by atoms with Crippen molar-refractivity contribution in [2.45, 2.75) is 50.1 Å². The van der Waals surface area contributed by atoms with Crippen molar-refractivity contribution < 1.29 is 24.2 Å². The van der Waals surface area contributed by atoms with Crippen LogP contribution >= 0.6 is 23.1 Å². The van der Waals surface area contributed by atoms with Crippen LogP contribution in [0, 0.1) is 11.8 Å². The van der Waals surface area contributed by atoms with Crippen LogP contribution in [-0.2, 0) is 16.6 Å². The number of carbonyl (C=O) groups is 2. The van der Waals surface area contributed by atoms with Gasteiger partial charge in [0.2, 0.25) is 22.1 Å². The van der Waals surface area contributed by atoms with Crippen LogP contribution in [0.2, 0.25) is 0 Å². The molecule has 1 fully saturated rings. The lowest BCUT2D eigenvalue weighted by molar-refractivity contribution is -0.508. The molecule has 4 rings (SSSR count). The smallest absolute Gasteiger partial charge is 0.250 e. The molecule has 0 bridgehead atoms. The first-order valence-corrected chi connectivity index (χ1v) is 11.0. The summed E-state index contributed by atoms with van der Waals surface area (Å²) in [5, 5.41) is 23.4. The molecule has 1 amide bonds. The number of thioether (sulfide) groups is 1. The molecular formula is C19H23N3O4S2. The zero-order valence-corrected chi connectivity index (χ0v) is 18.0. The minimum absolute atomic E-state index is 0.0497. The number of β-lactam (4-membered cyclic amide) rings is 1. The van der Waals surface area contributed by atoms with Crippen LogP contribution in [0.25, 0.3) is 10.4 Å². The minimum atomic E-state index is -1.35. The third kappa shape index (κ3) is 2.63. The van der Waals surface area contributed by atoms with Gasteiger partial charge in [-0.2, -0.15) is 4.40 Å². The first kappa shape index (κ1) is 19.5. The standard InChI is InChI=1S/C19H23N3O4S2/c1-8(2)27-17-18-21(7-20(17)5)6-11(28-18)12-9(3)14-13(10(4)23)16(24)22(14)15(12)19(25)26/h6-10,13-14,23H,1-5H3/t9-,10+,13+,14+/m0/s1. The summed E-state index contributed by atoms with van der Waals surface area (Å²) in [5.41, 5.74) is 0.574. The Balaban J connectivity index is 1.83. The number of nitrogens with zero attached hydrogens (tertiary/aromatic N) is 3. The van der Waals surface area contributed by atoms with E-state index in [0.717, 1.165) is 14.7 Å². The van der Waals surface area contributed by atoms with E-state index in [9.17, 15) is 19.8 Å². The highest BCUT2D eigenvalue weighted by atomic mass is 32.2. The quantitative estimate of drug-likeness (QED) is 0.435. The number of imidazole rings is 1. The summed E-state index contributed by atoms with van der Waals surface area (Å²) in [4.78, 5) is 27.6. The van der Waals surface area contributed by atoms with Gasteiger partial charge < -0.3 is 19.9 Å². The van der Waals surface area contributed by atoms with Crippen LogP contribution in [0.15, 0.2) is 23.2 Å². The fourth-order valence-electron chi connectivity index (χ4n) is 4.36. The van der Waals surface area contributed by atoms with Gasteiger partial charge in [-0.3, -0.25) is 4.79 Å². The van der Waals surface area contributed by atoms with E-state index in [1.807, 2.05) is 30.9 Å². The Bertz CT molecular complexity index is 1020. The Hall–Kier alpha value is -1.84. The second-order valence-electron chi connectivity index (χ2n) is 7.81. The minimum Gasteiger partial charge on any atom is -0.543 e. The highest BCUT2D eigenvalue weighted by molar-refractivity contribution is 8.00. The molecule has 1 N–H and O–H groups in total. The second kappa shape index (κ2) is 6.60. The van der Waals surface area contributed by atoms with Crippen molar-refractivity contribution in [2.75, 3.05) is 0 Å². The molecule has 4 atom stereocenters. The molecule has 2 aromatic rings. The molecule has 0 unspecified atom stereocenters. The number of carboxylic acid groups (broad SMARTS) is 1. The molecular weight excluding hydrogens is 398 g/mol. The van der Waals surface area contributed by atoms with Gasteiger partial charge in [-0.05, 0) is 6.92 Å². The lowest BCUT2D eigenvalue weighted by Crippen LogP contribution is -2.64. The van der Waals surface area contributed by atoms with E-state index < -0.39 is 18.0 Å². The number of carbonyl (C=O) groups excluding carboxylic acids is 2. The monoisotopic (exact) mass is 421 g/mol. The van der Waals surface area contributed by atoms with Crippen molar-refractivity contribution in [3.63, 3.8) is 0 Å². The second-order valence-corrected chi connectivity index (χ2v) is 10.4. The van der Waals surface area contributed by atoms with Gasteiger partial charge in [0.25, 0.3) is 0 Å². The van der Waals surface area contributed by atoms with Crippen molar-refractivity contribution in [3.8, 4) is 0 Å². The fourth-order valence-corrected chi connectivity index (χ4v) is 6.70. The maximum Gasteiger partial charge on any atom is 0.250 e. The molecule has 2 aromatic heterocycles. The average molecular weight is 422 g/mol. The van der Waals surface area contributed by atoms with Crippen LogP contribution in [0.3, 0.4) is 0 Å². The number of amides is 1. The van der Waals surface area contributed by atoms with Gasteiger partial charge in [0, 0.05) is 16.7 Å². The van der Waals surface area contributed by atoms with E-state index in [0.29, 0.717) is 10.8 Å². The maximum absolute atomic E-state index is 12.5. The van der Waals surface area contributed by atoms with E-state index in [1.165, 1.54) is 16.2 Å². The summed E-state index contributed by atoms with van der Waals surface area (Å²) < 4.78 is 4.06. The van der Waals surface area contributed by atoms with E-state index >= 15 is 0 Å².